The average Bonchev–Trinajstić information content (AvgIpc) is 3.19. The van der Waals surface area contributed by atoms with Crippen LogP contribution in [0.4, 0.5) is 5.69 Å². The summed E-state index contributed by atoms with van der Waals surface area (Å²) in [5.41, 5.74) is 0.861. The van der Waals surface area contributed by atoms with Gasteiger partial charge in [0, 0.05) is 46.0 Å². The van der Waals surface area contributed by atoms with Gasteiger partial charge in [0.05, 0.1) is 18.0 Å². The second-order valence-electron chi connectivity index (χ2n) is 8.27. The van der Waals surface area contributed by atoms with Crippen molar-refractivity contribution in [2.75, 3.05) is 44.2 Å². The Bertz CT molecular complexity index is 683. The largest absolute Gasteiger partial charge is 0.378 e. The number of anilines is 1. The lowest BCUT2D eigenvalue weighted by Gasteiger charge is -2.35. The minimum Gasteiger partial charge on any atom is -0.378 e. The Kier molecular flexibility index (Phi) is 8.99. The van der Waals surface area contributed by atoms with Crippen molar-refractivity contribution in [3.05, 3.63) is 12.4 Å². The molecule has 2 aliphatic rings. The van der Waals surface area contributed by atoms with E-state index in [2.05, 4.69) is 22.2 Å². The van der Waals surface area contributed by atoms with Gasteiger partial charge < -0.3 is 19.9 Å². The number of aliphatic imine (C=N–C) groups is 1. The summed E-state index contributed by atoms with van der Waals surface area (Å²) in [7, 11) is 1.86. The number of aromatic nitrogens is 2. The number of carbonyl (C=O) groups excluding carboxylic acids is 1. The molecule has 1 amide bonds. The summed E-state index contributed by atoms with van der Waals surface area (Å²) >= 11 is 0. The molecule has 1 N–H and O–H groups in total. The van der Waals surface area contributed by atoms with Gasteiger partial charge in [-0.25, -0.2) is 0 Å². The fourth-order valence-corrected chi connectivity index (χ4v) is 4.16. The lowest BCUT2D eigenvalue weighted by Crippen LogP contribution is -2.55. The molecule has 0 atom stereocenters. The van der Waals surface area contributed by atoms with Gasteiger partial charge in [-0.15, -0.1) is 0 Å². The van der Waals surface area contributed by atoms with E-state index in [9.17, 15) is 4.79 Å². The third-order valence-corrected chi connectivity index (χ3v) is 5.83. The van der Waals surface area contributed by atoms with E-state index in [1.165, 1.54) is 32.1 Å². The molecule has 0 spiro atoms. The van der Waals surface area contributed by atoms with Crippen molar-refractivity contribution in [3.63, 3.8) is 0 Å². The van der Waals surface area contributed by atoms with E-state index in [1.54, 1.807) is 15.8 Å². The van der Waals surface area contributed by atoms with Crippen LogP contribution in [0.2, 0.25) is 0 Å². The summed E-state index contributed by atoms with van der Waals surface area (Å²) in [5.74, 6) is 0.926. The number of carbonyl (C=O) groups is 1. The van der Waals surface area contributed by atoms with Crippen LogP contribution in [0.5, 0.6) is 0 Å². The SMILES string of the molecule is CCNC(=NCCCCCOC1CCCCC1)N1CCN(c2cnn(C)c2)C(=O)C1. The number of nitrogens with zero attached hydrogens (tertiary/aromatic N) is 5. The first-order valence-corrected chi connectivity index (χ1v) is 11.6. The highest BCUT2D eigenvalue weighted by atomic mass is 16.5. The predicted molar refractivity (Wildman–Crippen MR) is 120 cm³/mol. The predicted octanol–water partition coefficient (Wildman–Crippen LogP) is 2.55. The summed E-state index contributed by atoms with van der Waals surface area (Å²) in [6.07, 6.45) is 13.9. The molecule has 0 radical (unpaired) electrons. The van der Waals surface area contributed by atoms with Crippen molar-refractivity contribution in [2.24, 2.45) is 12.0 Å². The molecule has 30 heavy (non-hydrogen) atoms. The number of hydrogen-bond donors (Lipinski definition) is 1. The molecule has 1 saturated heterocycles. The normalized spacial score (nSPS) is 18.9. The first-order chi connectivity index (χ1) is 14.7. The van der Waals surface area contributed by atoms with Crippen molar-refractivity contribution in [2.45, 2.75) is 64.4 Å². The molecule has 1 aliphatic carbocycles. The molecular formula is C22H38N6O2. The third-order valence-electron chi connectivity index (χ3n) is 5.83. The molecule has 3 rings (SSSR count). The number of hydrogen-bond acceptors (Lipinski definition) is 4. The number of guanidine groups is 1. The van der Waals surface area contributed by atoms with E-state index in [-0.39, 0.29) is 5.91 Å². The third kappa shape index (κ3) is 6.72. The number of ether oxygens (including phenoxy) is 1. The molecule has 8 nitrogen and oxygen atoms in total. The molecule has 8 heteroatoms. The topological polar surface area (TPSA) is 75.0 Å². The zero-order valence-electron chi connectivity index (χ0n) is 18.7. The van der Waals surface area contributed by atoms with Gasteiger partial charge in [0.2, 0.25) is 5.91 Å². The standard InChI is InChI=1S/C22H38N6O2/c1-3-23-22(24-12-8-5-9-15-30-20-10-6-4-7-11-20)27-13-14-28(21(29)18-27)19-16-25-26(2)17-19/h16-17,20H,3-15,18H2,1-2H3,(H,23,24). The minimum absolute atomic E-state index is 0.0831. The van der Waals surface area contributed by atoms with E-state index in [0.717, 1.165) is 57.2 Å². The van der Waals surface area contributed by atoms with Gasteiger partial charge in [-0.2, -0.15) is 5.10 Å². The van der Waals surface area contributed by atoms with Crippen molar-refractivity contribution in [1.82, 2.24) is 20.0 Å². The van der Waals surface area contributed by atoms with E-state index < -0.39 is 0 Å². The average molecular weight is 419 g/mol. The van der Waals surface area contributed by atoms with Gasteiger partial charge in [0.15, 0.2) is 5.96 Å². The van der Waals surface area contributed by atoms with Crippen LogP contribution in [-0.4, -0.2) is 72.0 Å². The van der Waals surface area contributed by atoms with Crippen molar-refractivity contribution in [3.8, 4) is 0 Å². The van der Waals surface area contributed by atoms with Gasteiger partial charge in [-0.3, -0.25) is 14.5 Å². The molecular weight excluding hydrogens is 380 g/mol. The van der Waals surface area contributed by atoms with Crippen LogP contribution < -0.4 is 10.2 Å². The molecule has 0 bridgehead atoms. The summed E-state index contributed by atoms with van der Waals surface area (Å²) in [5, 5.41) is 7.51. The molecule has 2 heterocycles. The van der Waals surface area contributed by atoms with Crippen molar-refractivity contribution >= 4 is 17.6 Å². The summed E-state index contributed by atoms with van der Waals surface area (Å²) in [4.78, 5) is 21.3. The molecule has 0 unspecified atom stereocenters. The van der Waals surface area contributed by atoms with Gasteiger partial charge in [-0.05, 0) is 39.0 Å². The second-order valence-corrected chi connectivity index (χ2v) is 8.27. The molecule has 1 aromatic heterocycles. The van der Waals surface area contributed by atoms with Crippen molar-refractivity contribution in [1.29, 1.82) is 0 Å². The number of piperazine rings is 1. The van der Waals surface area contributed by atoms with Crippen LogP contribution in [0.3, 0.4) is 0 Å². The summed E-state index contributed by atoms with van der Waals surface area (Å²) in [6, 6.07) is 0. The fourth-order valence-electron chi connectivity index (χ4n) is 4.16. The maximum Gasteiger partial charge on any atom is 0.246 e. The number of aryl methyl sites for hydroxylation is 1. The van der Waals surface area contributed by atoms with Crippen LogP contribution in [0.25, 0.3) is 0 Å². The van der Waals surface area contributed by atoms with Crippen LogP contribution in [-0.2, 0) is 16.6 Å². The maximum atomic E-state index is 12.7. The lowest BCUT2D eigenvalue weighted by molar-refractivity contribution is -0.120. The summed E-state index contributed by atoms with van der Waals surface area (Å²) < 4.78 is 7.72. The number of amides is 1. The molecule has 1 aliphatic heterocycles. The minimum atomic E-state index is 0.0831. The molecule has 0 aromatic carbocycles. The molecule has 2 fully saturated rings. The Morgan fingerprint density at radius 2 is 2.07 bits per heavy atom. The lowest BCUT2D eigenvalue weighted by atomic mass is 9.98. The van der Waals surface area contributed by atoms with E-state index in [1.807, 2.05) is 13.2 Å². The monoisotopic (exact) mass is 418 g/mol. The zero-order chi connectivity index (χ0) is 21.2. The first-order valence-electron chi connectivity index (χ1n) is 11.6. The number of rotatable bonds is 9. The Morgan fingerprint density at radius 1 is 1.23 bits per heavy atom. The van der Waals surface area contributed by atoms with Gasteiger partial charge >= 0.3 is 0 Å². The molecule has 1 aromatic rings. The highest BCUT2D eigenvalue weighted by Crippen LogP contribution is 2.20. The fraction of sp³-hybridized carbons (Fsp3) is 0.773. The maximum absolute atomic E-state index is 12.7. The van der Waals surface area contributed by atoms with Crippen LogP contribution in [0, 0.1) is 0 Å². The molecule has 168 valence electrons. The zero-order valence-corrected chi connectivity index (χ0v) is 18.7. The second kappa shape index (κ2) is 11.9. The Labute approximate surface area is 180 Å². The van der Waals surface area contributed by atoms with Crippen LogP contribution in [0.15, 0.2) is 17.4 Å². The van der Waals surface area contributed by atoms with E-state index >= 15 is 0 Å². The number of nitrogens with one attached hydrogen (secondary N) is 1. The molecule has 1 saturated carbocycles. The quantitative estimate of drug-likeness (QED) is 0.379. The van der Waals surface area contributed by atoms with Crippen LogP contribution >= 0.6 is 0 Å². The van der Waals surface area contributed by atoms with Gasteiger partial charge in [0.1, 0.15) is 6.54 Å². The van der Waals surface area contributed by atoms with E-state index in [4.69, 9.17) is 9.73 Å². The highest BCUT2D eigenvalue weighted by Gasteiger charge is 2.27. The summed E-state index contributed by atoms with van der Waals surface area (Å²) in [6.45, 7) is 6.27. The smallest absolute Gasteiger partial charge is 0.246 e. The first kappa shape index (κ1) is 22.6. The van der Waals surface area contributed by atoms with Crippen molar-refractivity contribution < 1.29 is 9.53 Å². The highest BCUT2D eigenvalue weighted by molar-refractivity contribution is 5.98. The van der Waals surface area contributed by atoms with Crippen LogP contribution in [0.1, 0.15) is 58.3 Å². The van der Waals surface area contributed by atoms with Gasteiger partial charge in [0.25, 0.3) is 0 Å². The Balaban J connectivity index is 1.38. The Morgan fingerprint density at radius 3 is 2.77 bits per heavy atom. The number of unbranched alkanes of at least 4 members (excludes halogenated alkanes) is 2. The van der Waals surface area contributed by atoms with Gasteiger partial charge in [-0.1, -0.05) is 19.3 Å². The van der Waals surface area contributed by atoms with E-state index in [0.29, 0.717) is 19.2 Å². The Hall–Kier alpha value is -2.09.